The molecule has 2 aliphatic carbocycles. The zero-order valence-electron chi connectivity index (χ0n) is 14.9. The molecule has 1 aromatic carbocycles. The molecule has 0 spiro atoms. The summed E-state index contributed by atoms with van der Waals surface area (Å²) >= 11 is 4.77. The van der Waals surface area contributed by atoms with Gasteiger partial charge < -0.3 is 0 Å². The van der Waals surface area contributed by atoms with E-state index in [9.17, 15) is 0 Å². The maximum absolute atomic E-state index is 5.42. The quantitative estimate of drug-likeness (QED) is 0.595. The molecule has 0 saturated heterocycles. The van der Waals surface area contributed by atoms with E-state index in [1.165, 1.54) is 68.9 Å². The summed E-state index contributed by atoms with van der Waals surface area (Å²) in [5.74, 6) is 0. The number of hydrogen-bond acceptors (Lipinski definition) is 6. The van der Waals surface area contributed by atoms with Crippen molar-refractivity contribution in [1.29, 1.82) is 0 Å². The van der Waals surface area contributed by atoms with Crippen molar-refractivity contribution < 1.29 is 0 Å². The number of benzene rings is 1. The fraction of sp³-hybridized carbons (Fsp3) is 0.632. The van der Waals surface area contributed by atoms with Gasteiger partial charge >= 0.3 is 0 Å². The van der Waals surface area contributed by atoms with Crippen LogP contribution in [0.3, 0.4) is 0 Å². The molecule has 2 aliphatic rings. The van der Waals surface area contributed by atoms with Crippen molar-refractivity contribution in [3.8, 4) is 0 Å². The van der Waals surface area contributed by atoms with Crippen LogP contribution in [0.1, 0.15) is 64.2 Å². The third-order valence-electron chi connectivity index (χ3n) is 4.73. The highest BCUT2D eigenvalue weighted by molar-refractivity contribution is 7.97. The van der Waals surface area contributed by atoms with Crippen LogP contribution >= 0.6 is 35.2 Å². The Morgan fingerprint density at radius 2 is 1.32 bits per heavy atom. The smallest absolute Gasteiger partial charge is 0.0812 e. The van der Waals surface area contributed by atoms with Crippen molar-refractivity contribution in [3.05, 3.63) is 29.8 Å². The van der Waals surface area contributed by atoms with Crippen molar-refractivity contribution in [2.24, 2.45) is 10.3 Å². The van der Waals surface area contributed by atoms with Crippen LogP contribution < -0.4 is 10.3 Å². The lowest BCUT2D eigenvalue weighted by molar-refractivity contribution is 0.516. The Bertz CT molecular complexity index is 516. The molecule has 1 aromatic heterocycles. The first kappa shape index (κ1) is 21.0. The van der Waals surface area contributed by atoms with Gasteiger partial charge in [0.1, 0.15) is 0 Å². The zero-order valence-corrected chi connectivity index (χ0v) is 17.4. The first-order chi connectivity index (χ1) is 12.3. The molecule has 4 rings (SSSR count). The minimum Gasteiger partial charge on any atom is -0.278 e. The molecule has 4 N–H and O–H groups in total. The Hall–Kier alpha value is -0.270. The first-order valence-electron chi connectivity index (χ1n) is 9.32. The predicted octanol–water partition coefficient (Wildman–Crippen LogP) is 6.15. The van der Waals surface area contributed by atoms with Gasteiger partial charge in [-0.3, -0.25) is 10.3 Å². The molecule has 0 unspecified atom stereocenters. The molecule has 0 aliphatic heterocycles. The molecule has 0 radical (unpaired) electrons. The minimum absolute atomic E-state index is 0.781. The van der Waals surface area contributed by atoms with Crippen molar-refractivity contribution in [2.75, 3.05) is 0 Å². The highest BCUT2D eigenvalue weighted by Gasteiger charge is 2.11. The molecule has 140 valence electrons. The van der Waals surface area contributed by atoms with E-state index in [0.717, 1.165) is 16.0 Å². The van der Waals surface area contributed by atoms with Gasteiger partial charge in [-0.1, -0.05) is 74.6 Å². The van der Waals surface area contributed by atoms with Gasteiger partial charge in [0, 0.05) is 10.5 Å². The zero-order chi connectivity index (χ0) is 17.7. The Morgan fingerprint density at radius 1 is 0.800 bits per heavy atom. The second kappa shape index (κ2) is 13.0. The highest BCUT2D eigenvalue weighted by atomic mass is 32.2. The highest BCUT2D eigenvalue weighted by Crippen LogP contribution is 2.25. The molecule has 0 amide bonds. The average Bonchev–Trinajstić information content (AvgIpc) is 3.19. The second-order valence-corrected chi connectivity index (χ2v) is 9.38. The summed E-state index contributed by atoms with van der Waals surface area (Å²) in [7, 11) is 0. The average molecular weight is 398 g/mol. The lowest BCUT2D eigenvalue weighted by Gasteiger charge is -2.17. The van der Waals surface area contributed by atoms with Crippen LogP contribution in [0.5, 0.6) is 0 Å². The van der Waals surface area contributed by atoms with Gasteiger partial charge in [-0.05, 0) is 37.8 Å². The number of fused-ring (bicyclic) bond motifs is 1. The largest absolute Gasteiger partial charge is 0.278 e. The third-order valence-corrected chi connectivity index (χ3v) is 7.25. The summed E-state index contributed by atoms with van der Waals surface area (Å²) in [6.07, 6.45) is 13.8. The van der Waals surface area contributed by atoms with Crippen LogP contribution in [0.4, 0.5) is 0 Å². The SMILES string of the molecule is NSC1CCCCC1.NSC1CCCCC1.c1ccc2scnc2c1. The molecule has 3 nitrogen and oxygen atoms in total. The number of nitrogens with two attached hydrogens (primary N) is 2. The van der Waals surface area contributed by atoms with Crippen molar-refractivity contribution in [1.82, 2.24) is 4.98 Å². The number of hydrogen-bond donors (Lipinski definition) is 2. The molecular formula is C19H31N3S3. The predicted molar refractivity (Wildman–Crippen MR) is 117 cm³/mol. The molecular weight excluding hydrogens is 366 g/mol. The maximum Gasteiger partial charge on any atom is 0.0812 e. The van der Waals surface area contributed by atoms with Crippen LogP contribution in [0.2, 0.25) is 0 Å². The van der Waals surface area contributed by atoms with Gasteiger partial charge in [0.25, 0.3) is 0 Å². The topological polar surface area (TPSA) is 64.9 Å². The number of para-hydroxylation sites is 1. The molecule has 2 saturated carbocycles. The summed E-state index contributed by atoms with van der Waals surface area (Å²) in [4.78, 5) is 4.14. The normalized spacial score (nSPS) is 18.8. The Balaban J connectivity index is 0.000000136. The molecule has 0 atom stereocenters. The van der Waals surface area contributed by atoms with Gasteiger partial charge in [0.15, 0.2) is 0 Å². The van der Waals surface area contributed by atoms with E-state index in [-0.39, 0.29) is 0 Å². The van der Waals surface area contributed by atoms with E-state index >= 15 is 0 Å². The van der Waals surface area contributed by atoms with Crippen LogP contribution in [0.25, 0.3) is 10.2 Å². The minimum atomic E-state index is 0.781. The second-order valence-electron chi connectivity index (χ2n) is 6.61. The number of rotatable bonds is 2. The number of aromatic nitrogens is 1. The lowest BCUT2D eigenvalue weighted by Crippen LogP contribution is -2.09. The summed E-state index contributed by atoms with van der Waals surface area (Å²) in [6.45, 7) is 0. The van der Waals surface area contributed by atoms with Crippen LogP contribution in [0, 0.1) is 0 Å². The van der Waals surface area contributed by atoms with E-state index in [1.807, 2.05) is 23.7 Å². The number of thiazole rings is 1. The van der Waals surface area contributed by atoms with Gasteiger partial charge in [-0.15, -0.1) is 11.3 Å². The number of nitrogens with zero attached hydrogens (tertiary/aromatic N) is 1. The van der Waals surface area contributed by atoms with Crippen molar-refractivity contribution >= 4 is 45.4 Å². The van der Waals surface area contributed by atoms with E-state index in [0.29, 0.717) is 0 Å². The van der Waals surface area contributed by atoms with Crippen molar-refractivity contribution in [3.63, 3.8) is 0 Å². The van der Waals surface area contributed by atoms with E-state index in [4.69, 9.17) is 10.3 Å². The van der Waals surface area contributed by atoms with Crippen LogP contribution in [-0.2, 0) is 0 Å². The third kappa shape index (κ3) is 8.31. The molecule has 2 fully saturated rings. The molecule has 25 heavy (non-hydrogen) atoms. The van der Waals surface area contributed by atoms with Gasteiger partial charge in [-0.2, -0.15) is 0 Å². The van der Waals surface area contributed by atoms with E-state index in [1.54, 1.807) is 35.2 Å². The Kier molecular flexibility index (Phi) is 10.9. The standard InChI is InChI=1S/C7H5NS.2C6H13NS/c1-2-4-7-6(3-1)8-5-9-7;2*7-8-6-4-2-1-3-5-6/h1-5H;2*6H,1-5,7H2. The monoisotopic (exact) mass is 397 g/mol. The Labute approximate surface area is 165 Å². The van der Waals surface area contributed by atoms with E-state index in [2.05, 4.69) is 11.1 Å². The molecule has 6 heteroatoms. The van der Waals surface area contributed by atoms with Crippen LogP contribution in [0.15, 0.2) is 29.8 Å². The summed E-state index contributed by atoms with van der Waals surface area (Å²) in [5.41, 5.74) is 2.97. The van der Waals surface area contributed by atoms with Gasteiger partial charge in [0.05, 0.1) is 15.7 Å². The Morgan fingerprint density at radius 3 is 1.76 bits per heavy atom. The van der Waals surface area contributed by atoms with Crippen LogP contribution in [-0.4, -0.2) is 15.5 Å². The molecule has 1 heterocycles. The maximum atomic E-state index is 5.42. The van der Waals surface area contributed by atoms with E-state index < -0.39 is 0 Å². The summed E-state index contributed by atoms with van der Waals surface area (Å²) < 4.78 is 1.26. The van der Waals surface area contributed by atoms with Gasteiger partial charge in [-0.25, -0.2) is 4.98 Å². The summed E-state index contributed by atoms with van der Waals surface area (Å²) in [5, 5.41) is 12.4. The molecule has 0 bridgehead atoms. The molecule has 2 aromatic rings. The fourth-order valence-corrected chi connectivity index (χ4v) is 5.10. The van der Waals surface area contributed by atoms with Crippen molar-refractivity contribution in [2.45, 2.75) is 74.7 Å². The first-order valence-corrected chi connectivity index (χ1v) is 12.1. The van der Waals surface area contributed by atoms with Gasteiger partial charge in [0.2, 0.25) is 0 Å². The summed E-state index contributed by atoms with van der Waals surface area (Å²) in [6, 6.07) is 8.13. The fourth-order valence-electron chi connectivity index (χ4n) is 3.21. The lowest BCUT2D eigenvalue weighted by atomic mass is 10.0.